The van der Waals surface area contributed by atoms with Gasteiger partial charge in [-0.25, -0.2) is 0 Å². The third kappa shape index (κ3) is 4.29. The van der Waals surface area contributed by atoms with Gasteiger partial charge < -0.3 is 4.74 Å². The molecule has 1 N–H and O–H groups in total. The van der Waals surface area contributed by atoms with Crippen molar-refractivity contribution in [2.45, 2.75) is 45.6 Å². The van der Waals surface area contributed by atoms with Gasteiger partial charge in [-0.15, -0.1) is 0 Å². The van der Waals surface area contributed by atoms with Crippen molar-refractivity contribution in [3.8, 4) is 0 Å². The molecule has 3 aromatic carbocycles. The van der Waals surface area contributed by atoms with Crippen LogP contribution in [0.25, 0.3) is 37.5 Å². The van der Waals surface area contributed by atoms with E-state index < -0.39 is 0 Å². The lowest BCUT2D eigenvalue weighted by atomic mass is 9.90. The van der Waals surface area contributed by atoms with Crippen molar-refractivity contribution in [1.29, 1.82) is 0 Å². The molecule has 1 fully saturated rings. The molecule has 0 bridgehead atoms. The average molecular weight is 543 g/mol. The summed E-state index contributed by atoms with van der Waals surface area (Å²) in [5.74, 6) is 0.860. The van der Waals surface area contributed by atoms with Crippen LogP contribution >= 0.6 is 15.9 Å². The lowest BCUT2D eigenvalue weighted by molar-refractivity contribution is 0.161. The number of hydrogen-bond donors (Lipinski definition) is 1. The van der Waals surface area contributed by atoms with E-state index in [1.165, 1.54) is 47.7 Å². The molecule has 0 spiro atoms. The van der Waals surface area contributed by atoms with Gasteiger partial charge in [0.25, 0.3) is 0 Å². The minimum absolute atomic E-state index is 0.590. The van der Waals surface area contributed by atoms with E-state index in [0.29, 0.717) is 12.6 Å². The van der Waals surface area contributed by atoms with Crippen LogP contribution in [0.15, 0.2) is 60.7 Å². The minimum atomic E-state index is 0.590. The van der Waals surface area contributed by atoms with Gasteiger partial charge in [0.2, 0.25) is 0 Å². The lowest BCUT2D eigenvalue weighted by Gasteiger charge is -2.38. The molecule has 6 rings (SSSR count). The Labute approximate surface area is 221 Å². The molecule has 1 atom stereocenters. The number of rotatable bonds is 5. The van der Waals surface area contributed by atoms with Gasteiger partial charge in [0, 0.05) is 29.1 Å². The van der Waals surface area contributed by atoms with E-state index in [1.807, 2.05) is 6.92 Å². The van der Waals surface area contributed by atoms with Gasteiger partial charge in [-0.2, -0.15) is 5.10 Å². The maximum atomic E-state index is 6.30. The standard InChI is InChI=1S/C31H32BrN3O/c1-3-36-31(29(32)26-17-20(2)16-21-8-4-5-10-25(21)26)23-11-12-28-27(19-23)30(34-33-28)22-13-15-35-14-7-6-9-24(35)18-22/h4-5,8,10-13,16-17,19,24H,3,6-7,9,14-15,18H2,1-2H3,(H,33,34). The highest BCUT2D eigenvalue weighted by Gasteiger charge is 2.28. The molecule has 0 radical (unpaired) electrons. The van der Waals surface area contributed by atoms with Crippen molar-refractivity contribution in [2.24, 2.45) is 0 Å². The first-order chi connectivity index (χ1) is 17.6. The van der Waals surface area contributed by atoms with Crippen LogP contribution in [0.2, 0.25) is 0 Å². The monoisotopic (exact) mass is 541 g/mol. The largest absolute Gasteiger partial charge is 0.492 e. The summed E-state index contributed by atoms with van der Waals surface area (Å²) in [5, 5.41) is 11.7. The molecule has 1 unspecified atom stereocenters. The Morgan fingerprint density at radius 1 is 1.11 bits per heavy atom. The average Bonchev–Trinajstić information content (AvgIpc) is 3.34. The van der Waals surface area contributed by atoms with E-state index in [0.717, 1.165) is 50.9 Å². The Kier molecular flexibility index (Phi) is 6.44. The number of hydrogen-bond acceptors (Lipinski definition) is 3. The van der Waals surface area contributed by atoms with Gasteiger partial charge in [-0.1, -0.05) is 48.9 Å². The van der Waals surface area contributed by atoms with Gasteiger partial charge in [0.1, 0.15) is 5.76 Å². The Hall–Kier alpha value is -2.89. The molecule has 1 aromatic heterocycles. The molecule has 1 saturated heterocycles. The van der Waals surface area contributed by atoms with Gasteiger partial charge in [-0.3, -0.25) is 10.00 Å². The molecule has 2 aliphatic heterocycles. The Morgan fingerprint density at radius 2 is 2.00 bits per heavy atom. The number of aryl methyl sites for hydroxylation is 1. The maximum Gasteiger partial charge on any atom is 0.141 e. The number of aromatic nitrogens is 2. The van der Waals surface area contributed by atoms with Crippen LogP contribution < -0.4 is 0 Å². The molecule has 4 aromatic rings. The van der Waals surface area contributed by atoms with Crippen LogP contribution in [-0.4, -0.2) is 40.8 Å². The number of fused-ring (bicyclic) bond motifs is 3. The van der Waals surface area contributed by atoms with Crippen molar-refractivity contribution >= 4 is 53.4 Å². The second-order valence-corrected chi connectivity index (χ2v) is 10.8. The zero-order valence-corrected chi connectivity index (χ0v) is 22.6. The fourth-order valence-electron chi connectivity index (χ4n) is 5.87. The van der Waals surface area contributed by atoms with Crippen LogP contribution in [0.1, 0.15) is 55.0 Å². The van der Waals surface area contributed by atoms with E-state index in [9.17, 15) is 0 Å². The molecule has 4 nitrogen and oxygen atoms in total. The molecule has 0 aliphatic carbocycles. The molecular weight excluding hydrogens is 510 g/mol. The van der Waals surface area contributed by atoms with Crippen molar-refractivity contribution in [3.05, 3.63) is 83.1 Å². The van der Waals surface area contributed by atoms with Gasteiger partial charge in [0.15, 0.2) is 0 Å². The van der Waals surface area contributed by atoms with Gasteiger partial charge >= 0.3 is 0 Å². The van der Waals surface area contributed by atoms with Crippen molar-refractivity contribution < 1.29 is 4.74 Å². The van der Waals surface area contributed by atoms with Crippen molar-refractivity contribution in [3.63, 3.8) is 0 Å². The van der Waals surface area contributed by atoms with Crippen LogP contribution in [0.4, 0.5) is 0 Å². The Morgan fingerprint density at radius 3 is 2.89 bits per heavy atom. The molecule has 0 saturated carbocycles. The predicted octanol–water partition coefficient (Wildman–Crippen LogP) is 7.92. The first-order valence-corrected chi connectivity index (χ1v) is 13.9. The second kappa shape index (κ2) is 9.87. The summed E-state index contributed by atoms with van der Waals surface area (Å²) in [6.07, 6.45) is 7.42. The minimum Gasteiger partial charge on any atom is -0.492 e. The molecule has 5 heteroatoms. The summed E-state index contributed by atoms with van der Waals surface area (Å²) in [6.45, 7) is 7.03. The van der Waals surface area contributed by atoms with E-state index in [4.69, 9.17) is 9.84 Å². The van der Waals surface area contributed by atoms with Gasteiger partial charge in [0.05, 0.1) is 22.3 Å². The molecule has 0 amide bonds. The van der Waals surface area contributed by atoms with Gasteiger partial charge in [-0.05, 0) is 95.7 Å². The third-order valence-electron chi connectivity index (χ3n) is 7.64. The first-order valence-electron chi connectivity index (χ1n) is 13.1. The molecule has 3 heterocycles. The number of nitrogens with zero attached hydrogens (tertiary/aromatic N) is 2. The second-order valence-electron chi connectivity index (χ2n) is 10.0. The SMILES string of the molecule is CCOC(=C(Br)c1cc(C)cc2ccccc12)c1ccc2[nH]nc(C3=CCN4CCCCC4C3)c2c1. The van der Waals surface area contributed by atoms with E-state index >= 15 is 0 Å². The summed E-state index contributed by atoms with van der Waals surface area (Å²) in [5.41, 5.74) is 6.95. The quantitative estimate of drug-likeness (QED) is 0.206. The number of ether oxygens (including phenoxy) is 1. The predicted molar refractivity (Wildman–Crippen MR) is 154 cm³/mol. The molecule has 2 aliphatic rings. The highest BCUT2D eigenvalue weighted by Crippen LogP contribution is 2.39. The van der Waals surface area contributed by atoms with Crippen LogP contribution in [0, 0.1) is 6.92 Å². The molecule has 184 valence electrons. The van der Waals surface area contributed by atoms with E-state index in [-0.39, 0.29) is 0 Å². The van der Waals surface area contributed by atoms with E-state index in [2.05, 4.69) is 93.5 Å². The zero-order chi connectivity index (χ0) is 24.6. The molecular formula is C31H32BrN3O. The highest BCUT2D eigenvalue weighted by molar-refractivity contribution is 9.15. The lowest BCUT2D eigenvalue weighted by Crippen LogP contribution is -2.41. The summed E-state index contributed by atoms with van der Waals surface area (Å²) in [4.78, 5) is 2.63. The summed E-state index contributed by atoms with van der Waals surface area (Å²) >= 11 is 3.95. The van der Waals surface area contributed by atoms with E-state index in [1.54, 1.807) is 0 Å². The number of nitrogens with one attached hydrogen (secondary N) is 1. The van der Waals surface area contributed by atoms with Crippen LogP contribution in [0.3, 0.4) is 0 Å². The van der Waals surface area contributed by atoms with Crippen LogP contribution in [0.5, 0.6) is 0 Å². The smallest absolute Gasteiger partial charge is 0.141 e. The number of benzene rings is 3. The fraction of sp³-hybridized carbons (Fsp3) is 0.323. The van der Waals surface area contributed by atoms with Crippen molar-refractivity contribution in [1.82, 2.24) is 15.1 Å². The zero-order valence-electron chi connectivity index (χ0n) is 21.0. The summed E-state index contributed by atoms with van der Waals surface area (Å²) in [7, 11) is 0. The van der Waals surface area contributed by atoms with Crippen molar-refractivity contribution in [2.75, 3.05) is 19.7 Å². The maximum absolute atomic E-state index is 6.30. The fourth-order valence-corrected chi connectivity index (χ4v) is 6.54. The number of piperidine rings is 1. The molecule has 36 heavy (non-hydrogen) atoms. The third-order valence-corrected chi connectivity index (χ3v) is 8.42. The topological polar surface area (TPSA) is 41.1 Å². The normalized spacial score (nSPS) is 19.2. The number of H-pyrrole nitrogens is 1. The number of halogens is 1. The number of aromatic amines is 1. The Balaban J connectivity index is 1.45. The highest BCUT2D eigenvalue weighted by atomic mass is 79.9. The summed E-state index contributed by atoms with van der Waals surface area (Å²) < 4.78 is 7.27. The first kappa shape index (κ1) is 23.5. The van der Waals surface area contributed by atoms with Crippen LogP contribution in [-0.2, 0) is 4.74 Å². The Bertz CT molecular complexity index is 1500. The summed E-state index contributed by atoms with van der Waals surface area (Å²) in [6, 6.07) is 20.1.